The van der Waals surface area contributed by atoms with Gasteiger partial charge in [-0.1, -0.05) is 6.07 Å². The number of guanidine groups is 1. The molecule has 0 aromatic carbocycles. The molecule has 0 bridgehead atoms. The van der Waals surface area contributed by atoms with Gasteiger partial charge in [-0.25, -0.2) is 18.4 Å². The van der Waals surface area contributed by atoms with Crippen LogP contribution >= 0.6 is 0 Å². The molecule has 7 nitrogen and oxygen atoms in total. The van der Waals surface area contributed by atoms with Crippen molar-refractivity contribution in [1.82, 2.24) is 15.6 Å². The van der Waals surface area contributed by atoms with Gasteiger partial charge in [0.1, 0.15) is 0 Å². The standard InChI is InChI=1S/C16H26N4O3S/c1-4-17-16(20-14-7-8-24(21,22)11-14)19-10-13-5-6-15(18-9-13)23-12(2)3/h5-6,9,12,14H,4,7-8,10-11H2,1-3H3,(H2,17,19,20). The van der Waals surface area contributed by atoms with Crippen LogP contribution in [0, 0.1) is 0 Å². The maximum atomic E-state index is 11.5. The highest BCUT2D eigenvalue weighted by atomic mass is 32.2. The van der Waals surface area contributed by atoms with Gasteiger partial charge in [-0.05, 0) is 32.8 Å². The zero-order valence-electron chi connectivity index (χ0n) is 14.4. The van der Waals surface area contributed by atoms with Crippen molar-refractivity contribution in [1.29, 1.82) is 0 Å². The third-order valence-electron chi connectivity index (χ3n) is 3.49. The average molecular weight is 354 g/mol. The summed E-state index contributed by atoms with van der Waals surface area (Å²) in [5.41, 5.74) is 0.961. The van der Waals surface area contributed by atoms with E-state index in [2.05, 4.69) is 20.6 Å². The number of rotatable bonds is 6. The monoisotopic (exact) mass is 354 g/mol. The summed E-state index contributed by atoms with van der Waals surface area (Å²) >= 11 is 0. The quantitative estimate of drug-likeness (QED) is 0.587. The highest BCUT2D eigenvalue weighted by Gasteiger charge is 2.28. The fourth-order valence-corrected chi connectivity index (χ4v) is 4.08. The molecule has 0 saturated carbocycles. The zero-order valence-corrected chi connectivity index (χ0v) is 15.3. The summed E-state index contributed by atoms with van der Waals surface area (Å²) in [4.78, 5) is 8.76. The Hall–Kier alpha value is -1.83. The number of nitrogens with one attached hydrogen (secondary N) is 2. The largest absolute Gasteiger partial charge is 0.475 e. The fraction of sp³-hybridized carbons (Fsp3) is 0.625. The van der Waals surface area contributed by atoms with Crippen LogP contribution in [0.5, 0.6) is 5.88 Å². The second-order valence-electron chi connectivity index (χ2n) is 6.11. The molecule has 0 spiro atoms. The first-order chi connectivity index (χ1) is 11.4. The van der Waals surface area contributed by atoms with Crippen molar-refractivity contribution in [3.05, 3.63) is 23.9 Å². The molecule has 24 heavy (non-hydrogen) atoms. The molecule has 2 N–H and O–H groups in total. The fourth-order valence-electron chi connectivity index (χ4n) is 2.41. The first-order valence-corrected chi connectivity index (χ1v) is 10.1. The van der Waals surface area contributed by atoms with Crippen LogP contribution in [0.2, 0.25) is 0 Å². The van der Waals surface area contributed by atoms with Crippen molar-refractivity contribution in [2.75, 3.05) is 18.1 Å². The summed E-state index contributed by atoms with van der Waals surface area (Å²) in [5.74, 6) is 1.63. The molecular weight excluding hydrogens is 328 g/mol. The van der Waals surface area contributed by atoms with Crippen LogP contribution in [-0.4, -0.2) is 49.6 Å². The van der Waals surface area contributed by atoms with E-state index in [4.69, 9.17) is 4.74 Å². The third kappa shape index (κ3) is 5.99. The van der Waals surface area contributed by atoms with Gasteiger partial charge in [0, 0.05) is 24.8 Å². The van der Waals surface area contributed by atoms with Gasteiger partial charge in [0.05, 0.1) is 24.2 Å². The van der Waals surface area contributed by atoms with Gasteiger partial charge in [-0.2, -0.15) is 0 Å². The number of hydrogen-bond donors (Lipinski definition) is 2. The molecule has 8 heteroatoms. The van der Waals surface area contributed by atoms with Crippen LogP contribution in [0.3, 0.4) is 0 Å². The number of pyridine rings is 1. The lowest BCUT2D eigenvalue weighted by Crippen LogP contribution is -2.44. The molecule has 1 atom stereocenters. The van der Waals surface area contributed by atoms with Gasteiger partial charge < -0.3 is 15.4 Å². The van der Waals surface area contributed by atoms with Gasteiger partial charge in [0.2, 0.25) is 5.88 Å². The van der Waals surface area contributed by atoms with E-state index in [1.54, 1.807) is 6.20 Å². The number of aromatic nitrogens is 1. The van der Waals surface area contributed by atoms with Crippen molar-refractivity contribution in [3.8, 4) is 5.88 Å². The molecule has 1 aliphatic rings. The lowest BCUT2D eigenvalue weighted by molar-refractivity contribution is 0.232. The minimum Gasteiger partial charge on any atom is -0.475 e. The van der Waals surface area contributed by atoms with Gasteiger partial charge in [0.15, 0.2) is 15.8 Å². The van der Waals surface area contributed by atoms with E-state index in [-0.39, 0.29) is 23.7 Å². The van der Waals surface area contributed by atoms with Crippen LogP contribution in [0.15, 0.2) is 23.3 Å². The zero-order chi connectivity index (χ0) is 17.6. The number of hydrogen-bond acceptors (Lipinski definition) is 5. The minimum absolute atomic E-state index is 0.0762. The molecule has 1 saturated heterocycles. The summed E-state index contributed by atoms with van der Waals surface area (Å²) in [6, 6.07) is 3.68. The van der Waals surface area contributed by atoms with E-state index >= 15 is 0 Å². The molecule has 134 valence electrons. The lowest BCUT2D eigenvalue weighted by Gasteiger charge is -2.15. The van der Waals surface area contributed by atoms with Gasteiger partial charge in [-0.15, -0.1) is 0 Å². The molecule has 1 aromatic heterocycles. The van der Waals surface area contributed by atoms with Crippen molar-refractivity contribution >= 4 is 15.8 Å². The lowest BCUT2D eigenvalue weighted by atomic mass is 10.2. The molecule has 0 radical (unpaired) electrons. The predicted octanol–water partition coefficient (Wildman–Crippen LogP) is 1.11. The first kappa shape index (κ1) is 18.5. The van der Waals surface area contributed by atoms with Crippen molar-refractivity contribution < 1.29 is 13.2 Å². The number of ether oxygens (including phenoxy) is 1. The van der Waals surface area contributed by atoms with Crippen LogP contribution < -0.4 is 15.4 Å². The van der Waals surface area contributed by atoms with E-state index in [0.717, 1.165) is 5.56 Å². The highest BCUT2D eigenvalue weighted by molar-refractivity contribution is 7.91. The number of aliphatic imine (C=N–C) groups is 1. The Labute approximate surface area is 143 Å². The summed E-state index contributed by atoms with van der Waals surface area (Å²) in [7, 11) is -2.91. The van der Waals surface area contributed by atoms with Gasteiger partial charge in [0.25, 0.3) is 0 Å². The van der Waals surface area contributed by atoms with Crippen LogP contribution in [-0.2, 0) is 16.4 Å². The Morgan fingerprint density at radius 3 is 2.79 bits per heavy atom. The van der Waals surface area contributed by atoms with Gasteiger partial charge >= 0.3 is 0 Å². The average Bonchev–Trinajstić information content (AvgIpc) is 2.85. The van der Waals surface area contributed by atoms with Gasteiger partial charge in [-0.3, -0.25) is 0 Å². The molecule has 1 aromatic rings. The van der Waals surface area contributed by atoms with E-state index in [1.165, 1.54) is 0 Å². The minimum atomic E-state index is -2.91. The highest BCUT2D eigenvalue weighted by Crippen LogP contribution is 2.12. The summed E-state index contributed by atoms with van der Waals surface area (Å²) in [6.07, 6.45) is 2.45. The van der Waals surface area contributed by atoms with Crippen LogP contribution in [0.25, 0.3) is 0 Å². The Morgan fingerprint density at radius 1 is 1.46 bits per heavy atom. The van der Waals surface area contributed by atoms with E-state index in [9.17, 15) is 8.42 Å². The maximum absolute atomic E-state index is 11.5. The third-order valence-corrected chi connectivity index (χ3v) is 5.26. The summed E-state index contributed by atoms with van der Waals surface area (Å²) in [6.45, 7) is 7.06. The summed E-state index contributed by atoms with van der Waals surface area (Å²) < 4.78 is 28.6. The maximum Gasteiger partial charge on any atom is 0.213 e. The SMILES string of the molecule is CCNC(=NCc1ccc(OC(C)C)nc1)NC1CCS(=O)(=O)C1. The van der Waals surface area contributed by atoms with Crippen molar-refractivity contribution in [2.24, 2.45) is 4.99 Å². The Balaban J connectivity index is 1.95. The number of sulfone groups is 1. The molecule has 0 amide bonds. The molecule has 2 rings (SSSR count). The number of nitrogens with zero attached hydrogens (tertiary/aromatic N) is 2. The van der Waals surface area contributed by atoms with E-state index < -0.39 is 9.84 Å². The van der Waals surface area contributed by atoms with E-state index in [1.807, 2.05) is 32.9 Å². The second kappa shape index (κ2) is 8.32. The molecule has 1 aliphatic heterocycles. The van der Waals surface area contributed by atoms with Crippen LogP contribution in [0.1, 0.15) is 32.8 Å². The van der Waals surface area contributed by atoms with Crippen LogP contribution in [0.4, 0.5) is 0 Å². The van der Waals surface area contributed by atoms with E-state index in [0.29, 0.717) is 31.3 Å². The Bertz CT molecular complexity index is 656. The Kier molecular flexibility index (Phi) is 6.42. The second-order valence-corrected chi connectivity index (χ2v) is 8.34. The predicted molar refractivity (Wildman–Crippen MR) is 95.0 cm³/mol. The Morgan fingerprint density at radius 2 is 2.25 bits per heavy atom. The topological polar surface area (TPSA) is 92.7 Å². The molecule has 1 fully saturated rings. The van der Waals surface area contributed by atoms with Crippen molar-refractivity contribution in [2.45, 2.75) is 45.9 Å². The van der Waals surface area contributed by atoms with Crippen molar-refractivity contribution in [3.63, 3.8) is 0 Å². The molecular formula is C16H26N4O3S. The molecule has 1 unspecified atom stereocenters. The first-order valence-electron chi connectivity index (χ1n) is 8.25. The summed E-state index contributed by atoms with van der Waals surface area (Å²) in [5, 5.41) is 6.34. The normalized spacial score (nSPS) is 20.2. The molecule has 0 aliphatic carbocycles. The molecule has 2 heterocycles. The smallest absolute Gasteiger partial charge is 0.213 e.